The molecule has 5 nitrogen and oxygen atoms in total. The van der Waals surface area contributed by atoms with Crippen LogP contribution in [-0.2, 0) is 21.4 Å². The van der Waals surface area contributed by atoms with Crippen molar-refractivity contribution >= 4 is 11.9 Å². The molecule has 2 aromatic rings. The third kappa shape index (κ3) is 4.71. The van der Waals surface area contributed by atoms with Gasteiger partial charge in [-0.2, -0.15) is 0 Å². The summed E-state index contributed by atoms with van der Waals surface area (Å²) in [6.45, 7) is 1.65. The Morgan fingerprint density at radius 2 is 1.67 bits per heavy atom. The fourth-order valence-corrected chi connectivity index (χ4v) is 3.41. The highest BCUT2D eigenvalue weighted by Crippen LogP contribution is 2.34. The minimum Gasteiger partial charge on any atom is -0.478 e. The van der Waals surface area contributed by atoms with Crippen LogP contribution in [0.4, 0.5) is 4.39 Å². The largest absolute Gasteiger partial charge is 0.478 e. The number of carbonyl (C=O) groups excluding carboxylic acids is 1. The maximum atomic E-state index is 13.3. The number of amides is 1. The Bertz CT molecular complexity index is 796. The number of nitrogens with one attached hydrogen (secondary N) is 1. The highest BCUT2D eigenvalue weighted by molar-refractivity contribution is 5.87. The minimum absolute atomic E-state index is 0.133. The number of hydrogen-bond donors (Lipinski definition) is 2. The summed E-state index contributed by atoms with van der Waals surface area (Å²) in [6.07, 6.45) is 1.69. The van der Waals surface area contributed by atoms with Crippen LogP contribution in [-0.4, -0.2) is 36.7 Å². The lowest BCUT2D eigenvalue weighted by Crippen LogP contribution is -2.45. The van der Waals surface area contributed by atoms with Gasteiger partial charge in [0.05, 0.1) is 12.0 Å². The summed E-state index contributed by atoms with van der Waals surface area (Å²) in [5, 5.41) is 11.9. The number of rotatable bonds is 6. The molecule has 2 N–H and O–H groups in total. The predicted molar refractivity (Wildman–Crippen MR) is 98.2 cm³/mol. The number of halogens is 1. The fraction of sp³-hybridized carbons (Fsp3) is 0.333. The van der Waals surface area contributed by atoms with Crippen LogP contribution in [0.25, 0.3) is 0 Å². The number of carboxylic acids is 1. The lowest BCUT2D eigenvalue weighted by atomic mass is 9.74. The first-order chi connectivity index (χ1) is 13.0. The van der Waals surface area contributed by atoms with Crippen LogP contribution < -0.4 is 5.32 Å². The third-order valence-electron chi connectivity index (χ3n) is 5.10. The van der Waals surface area contributed by atoms with Crippen molar-refractivity contribution in [2.75, 3.05) is 19.8 Å². The molecular formula is C21H22FNO4. The monoisotopic (exact) mass is 371 g/mol. The van der Waals surface area contributed by atoms with Crippen LogP contribution >= 0.6 is 0 Å². The number of aromatic carboxylic acids is 1. The van der Waals surface area contributed by atoms with Crippen molar-refractivity contribution in [2.24, 2.45) is 0 Å². The second-order valence-corrected chi connectivity index (χ2v) is 6.86. The van der Waals surface area contributed by atoms with Gasteiger partial charge in [0.2, 0.25) is 5.91 Å². The van der Waals surface area contributed by atoms with Gasteiger partial charge in [-0.05, 0) is 48.2 Å². The van der Waals surface area contributed by atoms with Gasteiger partial charge < -0.3 is 15.2 Å². The zero-order valence-corrected chi connectivity index (χ0v) is 14.9. The van der Waals surface area contributed by atoms with Gasteiger partial charge in [-0.25, -0.2) is 9.18 Å². The summed E-state index contributed by atoms with van der Waals surface area (Å²) >= 11 is 0. The molecular weight excluding hydrogens is 349 g/mol. The quantitative estimate of drug-likeness (QED) is 0.819. The summed E-state index contributed by atoms with van der Waals surface area (Å²) < 4.78 is 18.8. The van der Waals surface area contributed by atoms with Crippen molar-refractivity contribution in [1.29, 1.82) is 0 Å². The van der Waals surface area contributed by atoms with Gasteiger partial charge >= 0.3 is 5.97 Å². The number of carboxylic acid groups (broad SMARTS) is 1. The predicted octanol–water partition coefficient (Wildman–Crippen LogP) is 2.93. The topological polar surface area (TPSA) is 75.6 Å². The Balaban J connectivity index is 1.65. The molecule has 0 spiro atoms. The molecule has 0 atom stereocenters. The van der Waals surface area contributed by atoms with E-state index in [-0.39, 0.29) is 29.1 Å². The smallest absolute Gasteiger partial charge is 0.335 e. The molecule has 2 aromatic carbocycles. The maximum absolute atomic E-state index is 13.3. The summed E-state index contributed by atoms with van der Waals surface area (Å²) in [5.41, 5.74) is 1.67. The number of hydrogen-bond acceptors (Lipinski definition) is 3. The molecule has 0 saturated carbocycles. The van der Waals surface area contributed by atoms with E-state index in [9.17, 15) is 14.0 Å². The zero-order valence-electron chi connectivity index (χ0n) is 14.9. The van der Waals surface area contributed by atoms with Crippen LogP contribution in [0.5, 0.6) is 0 Å². The van der Waals surface area contributed by atoms with E-state index < -0.39 is 5.97 Å². The normalized spacial score (nSPS) is 15.9. The first-order valence-corrected chi connectivity index (χ1v) is 8.91. The van der Waals surface area contributed by atoms with E-state index in [1.807, 2.05) is 0 Å². The first kappa shape index (κ1) is 19.0. The van der Waals surface area contributed by atoms with Crippen LogP contribution in [0.2, 0.25) is 0 Å². The molecule has 1 saturated heterocycles. The van der Waals surface area contributed by atoms with Gasteiger partial charge in [0.1, 0.15) is 5.82 Å². The van der Waals surface area contributed by atoms with Crippen LogP contribution in [0.1, 0.15) is 34.3 Å². The van der Waals surface area contributed by atoms with Gasteiger partial charge in [-0.15, -0.1) is 0 Å². The lowest BCUT2D eigenvalue weighted by molar-refractivity contribution is -0.121. The van der Waals surface area contributed by atoms with E-state index in [4.69, 9.17) is 9.84 Å². The third-order valence-corrected chi connectivity index (χ3v) is 5.10. The molecule has 1 amide bonds. The molecule has 0 aliphatic carbocycles. The molecule has 1 fully saturated rings. The van der Waals surface area contributed by atoms with Gasteiger partial charge in [-0.1, -0.05) is 24.3 Å². The molecule has 1 aliphatic heterocycles. The van der Waals surface area contributed by atoms with E-state index in [2.05, 4.69) is 5.32 Å². The van der Waals surface area contributed by atoms with Crippen molar-refractivity contribution in [1.82, 2.24) is 5.32 Å². The molecule has 0 aromatic heterocycles. The van der Waals surface area contributed by atoms with Gasteiger partial charge in [0, 0.05) is 25.2 Å². The van der Waals surface area contributed by atoms with Crippen molar-refractivity contribution in [3.63, 3.8) is 0 Å². The Hall–Kier alpha value is -2.73. The van der Waals surface area contributed by atoms with Crippen molar-refractivity contribution < 1.29 is 23.8 Å². The Morgan fingerprint density at radius 3 is 2.26 bits per heavy atom. The van der Waals surface area contributed by atoms with E-state index in [0.717, 1.165) is 24.0 Å². The van der Waals surface area contributed by atoms with Crippen LogP contribution in [0.15, 0.2) is 48.5 Å². The average Bonchev–Trinajstić information content (AvgIpc) is 2.68. The summed E-state index contributed by atoms with van der Waals surface area (Å²) in [7, 11) is 0. The Kier molecular flexibility index (Phi) is 5.86. The van der Waals surface area contributed by atoms with Crippen molar-refractivity contribution in [2.45, 2.75) is 24.7 Å². The number of benzene rings is 2. The highest BCUT2D eigenvalue weighted by atomic mass is 19.1. The molecule has 0 unspecified atom stereocenters. The Morgan fingerprint density at radius 1 is 1.04 bits per heavy atom. The van der Waals surface area contributed by atoms with Gasteiger partial charge in [-0.3, -0.25) is 4.79 Å². The average molecular weight is 371 g/mol. The molecule has 1 heterocycles. The second-order valence-electron chi connectivity index (χ2n) is 6.86. The van der Waals surface area contributed by atoms with E-state index >= 15 is 0 Å². The number of carbonyl (C=O) groups is 2. The van der Waals surface area contributed by atoms with Crippen LogP contribution in [0, 0.1) is 5.82 Å². The van der Waals surface area contributed by atoms with E-state index in [0.29, 0.717) is 19.8 Å². The standard InChI is InChI=1S/C21H22FNO4/c22-18-7-5-17(6-8-18)21(9-11-27-12-10-21)14-23-19(24)13-15-1-3-16(4-2-15)20(25)26/h1-8H,9-14H2,(H,23,24)(H,25,26). The zero-order chi connectivity index (χ0) is 19.3. The lowest BCUT2D eigenvalue weighted by Gasteiger charge is -2.38. The molecule has 1 aliphatic rings. The highest BCUT2D eigenvalue weighted by Gasteiger charge is 2.34. The Labute approximate surface area is 157 Å². The molecule has 0 radical (unpaired) electrons. The second kappa shape index (κ2) is 8.31. The van der Waals surface area contributed by atoms with E-state index in [1.165, 1.54) is 24.3 Å². The minimum atomic E-state index is -0.994. The molecule has 0 bridgehead atoms. The summed E-state index contributed by atoms with van der Waals surface area (Å²) in [4.78, 5) is 23.3. The molecule has 142 valence electrons. The van der Waals surface area contributed by atoms with Crippen molar-refractivity contribution in [3.8, 4) is 0 Å². The summed E-state index contributed by atoms with van der Waals surface area (Å²) in [5.74, 6) is -1.41. The molecule has 3 rings (SSSR count). The summed E-state index contributed by atoms with van der Waals surface area (Å²) in [6, 6.07) is 12.7. The number of ether oxygens (including phenoxy) is 1. The van der Waals surface area contributed by atoms with Gasteiger partial charge in [0.25, 0.3) is 0 Å². The van der Waals surface area contributed by atoms with Crippen molar-refractivity contribution in [3.05, 3.63) is 71.0 Å². The van der Waals surface area contributed by atoms with E-state index in [1.54, 1.807) is 24.3 Å². The molecule has 27 heavy (non-hydrogen) atoms. The van der Waals surface area contributed by atoms with Crippen LogP contribution in [0.3, 0.4) is 0 Å². The maximum Gasteiger partial charge on any atom is 0.335 e. The molecule has 6 heteroatoms. The van der Waals surface area contributed by atoms with Gasteiger partial charge in [0.15, 0.2) is 0 Å². The first-order valence-electron chi connectivity index (χ1n) is 8.91. The SMILES string of the molecule is O=C(Cc1ccc(C(=O)O)cc1)NCC1(c2ccc(F)cc2)CCOCC1. The fourth-order valence-electron chi connectivity index (χ4n) is 3.41.